The Morgan fingerprint density at radius 3 is 2.28 bits per heavy atom. The predicted molar refractivity (Wildman–Crippen MR) is 214 cm³/mol. The maximum absolute atomic E-state index is 14.4. The summed E-state index contributed by atoms with van der Waals surface area (Å²) < 4.78 is 29.0. The SMILES string of the molecule is CO[C@H]1/C=C/O[C@@]2(C)Oc3c(C)c(O)c4c(O)c(c(C=NN5CCOCC5)c(O)c4c3C2=O)NC(=O)/C(C)=C\C=C\[C@H](C)[C@H](O)[C@@H](C)[C@@H](O)[C@@H](C)[C@H](OC(C)=O)[C@@H]1C. The highest BCUT2D eigenvalue weighted by Gasteiger charge is 2.50. The maximum Gasteiger partial charge on any atom is 0.312 e. The lowest BCUT2D eigenvalue weighted by Crippen LogP contribution is -2.46. The number of aromatic hydroxyl groups is 3. The topological polar surface area (TPSA) is 226 Å². The van der Waals surface area contributed by atoms with Crippen molar-refractivity contribution in [3.63, 3.8) is 0 Å². The molecule has 1 saturated heterocycles. The van der Waals surface area contributed by atoms with Crippen molar-refractivity contribution in [3.8, 4) is 23.0 Å². The van der Waals surface area contributed by atoms with Crippen LogP contribution in [0.25, 0.3) is 10.8 Å². The number of rotatable bonds is 4. The van der Waals surface area contributed by atoms with E-state index in [0.29, 0.717) is 26.3 Å². The first-order valence-electron chi connectivity index (χ1n) is 19.3. The Balaban J connectivity index is 1.71. The van der Waals surface area contributed by atoms with E-state index in [4.69, 9.17) is 23.7 Å². The van der Waals surface area contributed by atoms with Gasteiger partial charge in [0, 0.05) is 61.2 Å². The molecule has 2 aromatic rings. The number of nitrogens with zero attached hydrogens (tertiary/aromatic N) is 2. The van der Waals surface area contributed by atoms with E-state index in [1.165, 1.54) is 59.4 Å². The second-order valence-corrected chi connectivity index (χ2v) is 15.4. The van der Waals surface area contributed by atoms with E-state index < -0.39 is 88.8 Å². The molecule has 16 nitrogen and oxygen atoms in total. The summed E-state index contributed by atoms with van der Waals surface area (Å²) in [5.74, 6) is -8.44. The highest BCUT2D eigenvalue weighted by atomic mass is 16.7. The van der Waals surface area contributed by atoms with Crippen molar-refractivity contribution in [2.24, 2.45) is 28.8 Å². The van der Waals surface area contributed by atoms with E-state index in [-0.39, 0.29) is 44.5 Å². The molecule has 0 aromatic heterocycles. The van der Waals surface area contributed by atoms with Gasteiger partial charge in [-0.05, 0) is 19.9 Å². The highest BCUT2D eigenvalue weighted by Crippen LogP contribution is 2.55. The number of aliphatic hydroxyl groups is 2. The van der Waals surface area contributed by atoms with Gasteiger partial charge < -0.3 is 54.5 Å². The number of esters is 1. The lowest BCUT2D eigenvalue weighted by Gasteiger charge is -2.38. The zero-order chi connectivity index (χ0) is 42.8. The number of fused-ring (bicyclic) bond motifs is 14. The standard InChI is InChI=1S/C42H55N3O13/c1-20-11-10-12-21(2)41(53)44-32-27(19-43-45-14-17-55-18-15-45)36(50)29-30(37(32)51)35(49)25(6)39-31(29)40(52)42(8,58-39)56-16-13-28(54-9)22(3)38(57-26(7)46)24(5)34(48)23(4)33(20)47/h10-13,16,19-20,22-24,28,33-34,38,47-51H,14-15,17-18H2,1-9H3,(H,44,53)/b11-10+,16-13+,21-12-,43-19?/t20-,22+,23+,24+,28-,33-,34+,38+,42-/m0/s1. The third-order valence-electron chi connectivity index (χ3n) is 11.4. The summed E-state index contributed by atoms with van der Waals surface area (Å²) in [6.07, 6.45) is 4.76. The van der Waals surface area contributed by atoms with Crippen LogP contribution in [0.3, 0.4) is 0 Å². The Morgan fingerprint density at radius 1 is 0.966 bits per heavy atom. The fraction of sp³-hybridized carbons (Fsp3) is 0.524. The second kappa shape index (κ2) is 17.8. The van der Waals surface area contributed by atoms with Crippen molar-refractivity contribution in [2.45, 2.75) is 85.6 Å². The number of Topliss-reactive ketones (excluding diaryl/α,β-unsaturated/α-hetero) is 1. The monoisotopic (exact) mass is 809 g/mol. The number of phenolic OH excluding ortho intramolecular Hbond substituents is 3. The van der Waals surface area contributed by atoms with Crippen molar-refractivity contribution in [1.82, 2.24) is 5.01 Å². The number of benzene rings is 2. The molecule has 316 valence electrons. The molecule has 0 unspecified atom stereocenters. The zero-order valence-corrected chi connectivity index (χ0v) is 34.3. The largest absolute Gasteiger partial charge is 0.507 e. The fourth-order valence-electron chi connectivity index (χ4n) is 7.68. The third-order valence-corrected chi connectivity index (χ3v) is 11.4. The Labute approximate surface area is 337 Å². The lowest BCUT2D eigenvalue weighted by atomic mass is 9.78. The molecule has 2 aromatic carbocycles. The average Bonchev–Trinajstić information content (AvgIpc) is 3.46. The predicted octanol–water partition coefficient (Wildman–Crippen LogP) is 4.42. The minimum atomic E-state index is -2.05. The van der Waals surface area contributed by atoms with Crippen molar-refractivity contribution < 1.29 is 63.6 Å². The van der Waals surface area contributed by atoms with E-state index in [1.807, 2.05) is 0 Å². The number of morpholine rings is 1. The van der Waals surface area contributed by atoms with Crippen LogP contribution in [0.2, 0.25) is 0 Å². The van der Waals surface area contributed by atoms with Gasteiger partial charge in [0.2, 0.25) is 0 Å². The Hall–Kier alpha value is -5.16. The third kappa shape index (κ3) is 8.51. The fourth-order valence-corrected chi connectivity index (χ4v) is 7.68. The summed E-state index contributed by atoms with van der Waals surface area (Å²) in [6.45, 7) is 14.1. The first-order valence-corrected chi connectivity index (χ1v) is 19.3. The highest BCUT2D eigenvalue weighted by molar-refractivity contribution is 6.23. The van der Waals surface area contributed by atoms with Gasteiger partial charge in [0.05, 0.1) is 79.3 Å². The summed E-state index contributed by atoms with van der Waals surface area (Å²) in [5.41, 5.74) is -0.426. The summed E-state index contributed by atoms with van der Waals surface area (Å²) >= 11 is 0. The smallest absolute Gasteiger partial charge is 0.312 e. The van der Waals surface area contributed by atoms with Crippen LogP contribution in [0.5, 0.6) is 23.0 Å². The average molecular weight is 810 g/mol. The maximum atomic E-state index is 14.4. The number of aliphatic hydroxyl groups excluding tert-OH is 2. The molecule has 9 atom stereocenters. The number of ether oxygens (including phenoxy) is 5. The van der Waals surface area contributed by atoms with Gasteiger partial charge in [-0.15, -0.1) is 0 Å². The molecule has 0 spiro atoms. The molecule has 6 rings (SSSR count). The molecule has 0 aliphatic carbocycles. The molecule has 0 saturated carbocycles. The summed E-state index contributed by atoms with van der Waals surface area (Å²) in [4.78, 5) is 40.4. The van der Waals surface area contributed by atoms with E-state index in [9.17, 15) is 39.9 Å². The number of carbonyl (C=O) groups excluding carboxylic acids is 3. The Kier molecular flexibility index (Phi) is 13.5. The van der Waals surface area contributed by atoms with Crippen molar-refractivity contribution in [3.05, 3.63) is 52.8 Å². The molecule has 58 heavy (non-hydrogen) atoms. The molecule has 4 aliphatic heterocycles. The van der Waals surface area contributed by atoms with Crippen LogP contribution < -0.4 is 10.1 Å². The van der Waals surface area contributed by atoms with Gasteiger partial charge in [-0.2, -0.15) is 5.10 Å². The van der Waals surface area contributed by atoms with Crippen molar-refractivity contribution >= 4 is 40.3 Å². The Morgan fingerprint density at radius 2 is 1.64 bits per heavy atom. The molecular weight excluding hydrogens is 754 g/mol. The molecule has 0 radical (unpaired) electrons. The van der Waals surface area contributed by atoms with Gasteiger partial charge in [0.15, 0.2) is 5.75 Å². The molecular formula is C42H55N3O13. The number of methoxy groups -OCH3 is 1. The van der Waals surface area contributed by atoms with Gasteiger partial charge in [-0.1, -0.05) is 45.9 Å². The Bertz CT molecular complexity index is 2040. The first kappa shape index (κ1) is 44.0. The number of ketones is 1. The molecule has 5 bridgehead atoms. The minimum Gasteiger partial charge on any atom is -0.507 e. The van der Waals surface area contributed by atoms with Gasteiger partial charge >= 0.3 is 11.8 Å². The van der Waals surface area contributed by atoms with Gasteiger partial charge in [-0.3, -0.25) is 19.4 Å². The molecule has 4 aliphatic rings. The summed E-state index contributed by atoms with van der Waals surface area (Å²) in [7, 11) is 1.43. The van der Waals surface area contributed by atoms with Crippen LogP contribution in [-0.2, 0) is 28.5 Å². The normalized spacial score (nSPS) is 32.1. The van der Waals surface area contributed by atoms with E-state index in [0.717, 1.165) is 0 Å². The van der Waals surface area contributed by atoms with E-state index in [2.05, 4.69) is 10.4 Å². The lowest BCUT2D eigenvalue weighted by molar-refractivity contribution is -0.160. The minimum absolute atomic E-state index is 0.0475. The van der Waals surface area contributed by atoms with Gasteiger partial charge in [0.25, 0.3) is 11.7 Å². The van der Waals surface area contributed by atoms with Crippen LogP contribution in [0, 0.1) is 30.6 Å². The second-order valence-electron chi connectivity index (χ2n) is 15.4. The first-order chi connectivity index (χ1) is 27.3. The number of phenols is 3. The van der Waals surface area contributed by atoms with Crippen LogP contribution in [0.4, 0.5) is 5.69 Å². The summed E-state index contributed by atoms with van der Waals surface area (Å²) in [6, 6.07) is 0. The number of amides is 1. The molecule has 1 amide bonds. The quantitative estimate of drug-likeness (QED) is 0.109. The molecule has 1 fully saturated rings. The van der Waals surface area contributed by atoms with Crippen LogP contribution >= 0.6 is 0 Å². The number of nitrogens with one attached hydrogen (secondary N) is 1. The summed E-state index contributed by atoms with van der Waals surface area (Å²) in [5, 5.41) is 66.4. The number of allylic oxidation sites excluding steroid dienone is 2. The van der Waals surface area contributed by atoms with Crippen LogP contribution in [0.15, 0.2) is 41.2 Å². The number of hydrazone groups is 1. The molecule has 6 N–H and O–H groups in total. The number of hydrogen-bond acceptors (Lipinski definition) is 15. The van der Waals surface area contributed by atoms with E-state index in [1.54, 1.807) is 44.9 Å². The van der Waals surface area contributed by atoms with Crippen molar-refractivity contribution in [1.29, 1.82) is 0 Å². The van der Waals surface area contributed by atoms with Gasteiger partial charge in [0.1, 0.15) is 23.4 Å². The van der Waals surface area contributed by atoms with Crippen LogP contribution in [0.1, 0.15) is 70.0 Å². The molecule has 16 heteroatoms. The molecule has 4 heterocycles. The van der Waals surface area contributed by atoms with Gasteiger partial charge in [-0.25, -0.2) is 0 Å². The number of carbonyl (C=O) groups is 3. The zero-order valence-electron chi connectivity index (χ0n) is 34.3. The number of hydrogen-bond donors (Lipinski definition) is 6. The van der Waals surface area contributed by atoms with E-state index >= 15 is 0 Å². The van der Waals surface area contributed by atoms with Crippen molar-refractivity contribution in [2.75, 3.05) is 38.7 Å². The number of anilines is 1. The van der Waals surface area contributed by atoms with Crippen LogP contribution in [-0.4, -0.2) is 118 Å².